The molecule has 2 N–H and O–H groups in total. The fraction of sp³-hybridized carbons (Fsp3) is 0.208. The van der Waals surface area contributed by atoms with Crippen molar-refractivity contribution < 1.29 is 18.8 Å². The molecule has 9 nitrogen and oxygen atoms in total. The van der Waals surface area contributed by atoms with Gasteiger partial charge in [-0.1, -0.05) is 23.7 Å². The molecule has 0 bridgehead atoms. The van der Waals surface area contributed by atoms with Crippen LogP contribution in [0.1, 0.15) is 18.4 Å². The predicted molar refractivity (Wildman–Crippen MR) is 125 cm³/mol. The Morgan fingerprint density at radius 1 is 1.12 bits per heavy atom. The minimum absolute atomic E-state index is 0.0399. The van der Waals surface area contributed by atoms with E-state index in [0.29, 0.717) is 41.9 Å². The molecule has 1 saturated heterocycles. The molecule has 0 spiro atoms. The molecule has 5 rings (SSSR count). The van der Waals surface area contributed by atoms with Crippen LogP contribution in [-0.4, -0.2) is 39.6 Å². The number of carbonyl (C=O) groups excluding carboxylic acids is 2. The quantitative estimate of drug-likeness (QED) is 0.530. The van der Waals surface area contributed by atoms with Gasteiger partial charge in [0.25, 0.3) is 11.8 Å². The molecule has 3 aromatic rings. The molecule has 2 aliphatic rings. The zero-order valence-electron chi connectivity index (χ0n) is 18.1. The monoisotopic (exact) mass is 479 g/mol. The van der Waals surface area contributed by atoms with E-state index >= 15 is 0 Å². The molecular weight excluding hydrogens is 458 g/mol. The number of likely N-dealkylation sites (tertiary alicyclic amines) is 1. The number of benzene rings is 2. The van der Waals surface area contributed by atoms with Crippen molar-refractivity contribution in [3.05, 3.63) is 83.3 Å². The number of carbonyl (C=O) groups is 2. The van der Waals surface area contributed by atoms with Crippen LogP contribution in [0.5, 0.6) is 11.6 Å². The highest BCUT2D eigenvalue weighted by molar-refractivity contribution is 6.30. The summed E-state index contributed by atoms with van der Waals surface area (Å²) in [6.45, 7) is 0.866. The topological polar surface area (TPSA) is 99.9 Å². The molecule has 0 saturated carbocycles. The second-order valence-electron chi connectivity index (χ2n) is 7.92. The summed E-state index contributed by atoms with van der Waals surface area (Å²) in [4.78, 5) is 29.0. The van der Waals surface area contributed by atoms with Crippen molar-refractivity contribution in [1.82, 2.24) is 20.3 Å². The van der Waals surface area contributed by atoms with E-state index in [-0.39, 0.29) is 11.8 Å². The van der Waals surface area contributed by atoms with Gasteiger partial charge in [-0.3, -0.25) is 14.5 Å². The normalized spacial score (nSPS) is 18.0. The second kappa shape index (κ2) is 9.48. The van der Waals surface area contributed by atoms with Crippen molar-refractivity contribution in [2.75, 3.05) is 11.9 Å². The van der Waals surface area contributed by atoms with Gasteiger partial charge < -0.3 is 24.8 Å². The average molecular weight is 480 g/mol. The van der Waals surface area contributed by atoms with Gasteiger partial charge in [-0.05, 0) is 53.5 Å². The maximum atomic E-state index is 13.5. The zero-order chi connectivity index (χ0) is 23.5. The number of rotatable bonds is 7. The fourth-order valence-corrected chi connectivity index (χ4v) is 4.02. The Kier molecular flexibility index (Phi) is 6.09. The van der Waals surface area contributed by atoms with E-state index in [1.165, 1.54) is 6.26 Å². The third kappa shape index (κ3) is 4.69. The van der Waals surface area contributed by atoms with Gasteiger partial charge in [0.05, 0.1) is 0 Å². The van der Waals surface area contributed by atoms with Gasteiger partial charge in [-0.15, -0.1) is 0 Å². The molecular formula is C24H22ClN5O4. The molecule has 174 valence electrons. The van der Waals surface area contributed by atoms with Crippen molar-refractivity contribution in [1.29, 1.82) is 0 Å². The highest BCUT2D eigenvalue weighted by atomic mass is 35.5. The summed E-state index contributed by atoms with van der Waals surface area (Å²) >= 11 is 6.02. The van der Waals surface area contributed by atoms with Crippen LogP contribution in [0.3, 0.4) is 0 Å². The molecule has 2 aliphatic heterocycles. The van der Waals surface area contributed by atoms with E-state index in [2.05, 4.69) is 15.8 Å². The van der Waals surface area contributed by atoms with Crippen LogP contribution in [0.25, 0.3) is 0 Å². The molecule has 2 amide bonds. The van der Waals surface area contributed by atoms with Crippen LogP contribution in [0.15, 0.2) is 77.3 Å². The summed E-state index contributed by atoms with van der Waals surface area (Å²) in [5.74, 6) is 0.692. The highest BCUT2D eigenvalue weighted by Gasteiger charge is 2.36. The van der Waals surface area contributed by atoms with Gasteiger partial charge >= 0.3 is 0 Å². The number of hydrogen-bond acceptors (Lipinski definition) is 7. The third-order valence-electron chi connectivity index (χ3n) is 5.59. The lowest BCUT2D eigenvalue weighted by molar-refractivity contribution is -0.137. The summed E-state index contributed by atoms with van der Waals surface area (Å²) in [6, 6.07) is 16.2. The standard InChI is InChI=1S/C24H22ClN5O4/c25-17-5-3-16(4-6-17)15-30-23(32)20(29-12-1-2-22(29)31)14-26-24(30)27-18-7-9-19(10-8-18)34-21-11-13-33-28-21/h3-11,13-14,24,26-27H,1-2,12,15H2/t24-/m0/s1. The Morgan fingerprint density at radius 3 is 2.59 bits per heavy atom. The van der Waals surface area contributed by atoms with Gasteiger partial charge in [0.2, 0.25) is 5.91 Å². The first-order chi connectivity index (χ1) is 16.6. The van der Waals surface area contributed by atoms with Crippen LogP contribution in [0, 0.1) is 0 Å². The first kappa shape index (κ1) is 21.8. The maximum absolute atomic E-state index is 13.5. The Morgan fingerprint density at radius 2 is 1.91 bits per heavy atom. The lowest BCUT2D eigenvalue weighted by atomic mass is 10.2. The van der Waals surface area contributed by atoms with Gasteiger partial charge in [0.15, 0.2) is 6.29 Å². The maximum Gasteiger partial charge on any atom is 0.275 e. The van der Waals surface area contributed by atoms with E-state index in [1.54, 1.807) is 46.3 Å². The van der Waals surface area contributed by atoms with E-state index in [9.17, 15) is 9.59 Å². The second-order valence-corrected chi connectivity index (χ2v) is 8.35. The van der Waals surface area contributed by atoms with Gasteiger partial charge in [-0.2, -0.15) is 0 Å². The number of nitrogens with one attached hydrogen (secondary N) is 2. The Bertz CT molecular complexity index is 1200. The smallest absolute Gasteiger partial charge is 0.275 e. The third-order valence-corrected chi connectivity index (χ3v) is 5.85. The lowest BCUT2D eigenvalue weighted by Gasteiger charge is -2.38. The summed E-state index contributed by atoms with van der Waals surface area (Å²) in [5, 5.41) is 10.9. The molecule has 1 atom stereocenters. The van der Waals surface area contributed by atoms with Crippen LogP contribution in [0.2, 0.25) is 5.02 Å². The zero-order valence-corrected chi connectivity index (χ0v) is 18.9. The Balaban J connectivity index is 1.36. The number of ether oxygens (including phenoxy) is 1. The summed E-state index contributed by atoms with van der Waals surface area (Å²) in [6.07, 6.45) is 3.71. The van der Waals surface area contributed by atoms with E-state index in [0.717, 1.165) is 17.7 Å². The van der Waals surface area contributed by atoms with Gasteiger partial charge in [-0.25, -0.2) is 0 Å². The summed E-state index contributed by atoms with van der Waals surface area (Å²) in [5.41, 5.74) is 2.04. The number of halogens is 1. The molecule has 3 heterocycles. The number of anilines is 1. The first-order valence-electron chi connectivity index (χ1n) is 10.8. The molecule has 2 aromatic carbocycles. The molecule has 0 radical (unpaired) electrons. The van der Waals surface area contributed by atoms with E-state index in [1.807, 2.05) is 24.3 Å². The van der Waals surface area contributed by atoms with Crippen LogP contribution in [0.4, 0.5) is 5.69 Å². The number of nitrogens with zero attached hydrogens (tertiary/aromatic N) is 3. The minimum Gasteiger partial charge on any atom is -0.436 e. The van der Waals surface area contributed by atoms with Crippen LogP contribution < -0.4 is 15.4 Å². The number of aromatic nitrogens is 1. The lowest BCUT2D eigenvalue weighted by Crippen LogP contribution is -2.56. The Hall–Kier alpha value is -3.98. The number of hydrogen-bond donors (Lipinski definition) is 2. The van der Waals surface area contributed by atoms with Crippen LogP contribution in [-0.2, 0) is 16.1 Å². The predicted octanol–water partition coefficient (Wildman–Crippen LogP) is 3.91. The van der Waals surface area contributed by atoms with Crippen LogP contribution >= 0.6 is 11.6 Å². The molecule has 0 unspecified atom stereocenters. The van der Waals surface area contributed by atoms with E-state index in [4.69, 9.17) is 20.9 Å². The van der Waals surface area contributed by atoms with Gasteiger partial charge in [0.1, 0.15) is 17.7 Å². The van der Waals surface area contributed by atoms with Crippen molar-refractivity contribution in [2.24, 2.45) is 0 Å². The SMILES string of the molecule is O=C1CCCN1C1=CN[C@@H](Nc2ccc(Oc3ccon3)cc2)N(Cc2ccc(Cl)cc2)C1=O. The Labute approximate surface area is 200 Å². The first-order valence-corrected chi connectivity index (χ1v) is 11.2. The van der Waals surface area contributed by atoms with Gasteiger partial charge in [0, 0.05) is 42.5 Å². The summed E-state index contributed by atoms with van der Waals surface area (Å²) < 4.78 is 10.4. The average Bonchev–Trinajstić information content (AvgIpc) is 3.51. The molecule has 0 aliphatic carbocycles. The number of amides is 2. The van der Waals surface area contributed by atoms with Crippen molar-refractivity contribution in [3.8, 4) is 11.6 Å². The summed E-state index contributed by atoms with van der Waals surface area (Å²) in [7, 11) is 0. The molecule has 1 aromatic heterocycles. The van der Waals surface area contributed by atoms with E-state index < -0.39 is 6.29 Å². The van der Waals surface area contributed by atoms with Crippen molar-refractivity contribution in [2.45, 2.75) is 25.7 Å². The van der Waals surface area contributed by atoms with Crippen molar-refractivity contribution >= 4 is 29.1 Å². The highest BCUT2D eigenvalue weighted by Crippen LogP contribution is 2.26. The molecule has 1 fully saturated rings. The molecule has 10 heteroatoms. The molecule has 34 heavy (non-hydrogen) atoms. The minimum atomic E-state index is -0.535. The fourth-order valence-electron chi connectivity index (χ4n) is 3.89. The van der Waals surface area contributed by atoms with Crippen molar-refractivity contribution in [3.63, 3.8) is 0 Å². The largest absolute Gasteiger partial charge is 0.436 e.